The number of benzene rings is 2. The molecule has 0 aliphatic rings. The fourth-order valence-electron chi connectivity index (χ4n) is 1.98. The zero-order valence-electron chi connectivity index (χ0n) is 11.3. The van der Waals surface area contributed by atoms with Crippen LogP contribution in [0, 0.1) is 20.8 Å². The highest BCUT2D eigenvalue weighted by atomic mass is 79.9. The third kappa shape index (κ3) is 3.31. The fourth-order valence-corrected chi connectivity index (χ4v) is 2.61. The van der Waals surface area contributed by atoms with E-state index in [0.717, 1.165) is 22.1 Å². The van der Waals surface area contributed by atoms with Gasteiger partial charge in [0.05, 0.1) is 0 Å². The first-order chi connectivity index (χ1) is 9.01. The smallest absolute Gasteiger partial charge is 0.131 e. The van der Waals surface area contributed by atoms with E-state index in [1.165, 1.54) is 16.7 Å². The summed E-state index contributed by atoms with van der Waals surface area (Å²) in [5, 5.41) is 1.44. The van der Waals surface area contributed by atoms with Crippen molar-refractivity contribution in [3.63, 3.8) is 0 Å². The molecule has 0 bridgehead atoms. The molecule has 0 saturated heterocycles. The molecule has 3 heteroatoms. The Kier molecular flexibility index (Phi) is 4.54. The van der Waals surface area contributed by atoms with Gasteiger partial charge in [-0.3, -0.25) is 0 Å². The van der Waals surface area contributed by atoms with Crippen molar-refractivity contribution < 1.29 is 4.74 Å². The van der Waals surface area contributed by atoms with E-state index in [1.807, 2.05) is 18.2 Å². The van der Waals surface area contributed by atoms with Crippen LogP contribution >= 0.6 is 27.5 Å². The first kappa shape index (κ1) is 14.4. The lowest BCUT2D eigenvalue weighted by Crippen LogP contribution is -1.94. The number of halogens is 2. The van der Waals surface area contributed by atoms with Crippen molar-refractivity contribution in [2.24, 2.45) is 0 Å². The summed E-state index contributed by atoms with van der Waals surface area (Å²) in [6.45, 7) is 6.25. The summed E-state index contributed by atoms with van der Waals surface area (Å²) < 4.78 is 6.06. The lowest BCUT2D eigenvalue weighted by Gasteiger charge is -2.14. The van der Waals surface area contributed by atoms with Crippen molar-refractivity contribution in [1.82, 2.24) is 0 Å². The van der Waals surface area contributed by atoms with Gasteiger partial charge in [-0.2, -0.15) is 0 Å². The molecule has 0 unspecified atom stereocenters. The number of rotatable bonds is 3. The van der Waals surface area contributed by atoms with Crippen molar-refractivity contribution >= 4 is 27.5 Å². The van der Waals surface area contributed by atoms with Crippen molar-refractivity contribution in [2.75, 3.05) is 0 Å². The minimum absolute atomic E-state index is 0.715. The van der Waals surface area contributed by atoms with Gasteiger partial charge in [0.15, 0.2) is 0 Å². The monoisotopic (exact) mass is 338 g/mol. The molecule has 0 spiro atoms. The Balaban J connectivity index is 2.41. The minimum Gasteiger partial charge on any atom is -0.457 e. The third-order valence-corrected chi connectivity index (χ3v) is 3.99. The Bertz CT molecular complexity index is 608. The second-order valence-electron chi connectivity index (χ2n) is 4.69. The molecule has 2 aromatic carbocycles. The first-order valence-electron chi connectivity index (χ1n) is 6.11. The molecule has 0 amide bonds. The molecule has 0 heterocycles. The van der Waals surface area contributed by atoms with Gasteiger partial charge in [0.2, 0.25) is 0 Å². The standard InChI is InChI=1S/C16H16BrClO/c1-10-6-11(2)12(3)16(7-10)19-15-5-4-14(18)8-13(15)9-17/h4-8H,9H2,1-3H3. The van der Waals surface area contributed by atoms with Crippen LogP contribution in [-0.2, 0) is 5.33 Å². The number of aryl methyl sites for hydroxylation is 2. The van der Waals surface area contributed by atoms with E-state index < -0.39 is 0 Å². The first-order valence-corrected chi connectivity index (χ1v) is 7.61. The minimum atomic E-state index is 0.715. The second-order valence-corrected chi connectivity index (χ2v) is 5.69. The maximum Gasteiger partial charge on any atom is 0.131 e. The summed E-state index contributed by atoms with van der Waals surface area (Å²) in [7, 11) is 0. The average molecular weight is 340 g/mol. The Morgan fingerprint density at radius 1 is 1.05 bits per heavy atom. The van der Waals surface area contributed by atoms with Gasteiger partial charge in [0.25, 0.3) is 0 Å². The van der Waals surface area contributed by atoms with E-state index in [4.69, 9.17) is 16.3 Å². The van der Waals surface area contributed by atoms with Gasteiger partial charge in [-0.05, 0) is 61.7 Å². The molecular formula is C16H16BrClO. The van der Waals surface area contributed by atoms with Crippen LogP contribution in [0.5, 0.6) is 11.5 Å². The van der Waals surface area contributed by atoms with E-state index in [2.05, 4.69) is 48.8 Å². The zero-order chi connectivity index (χ0) is 14.0. The predicted octanol–water partition coefficient (Wildman–Crippen LogP) is 5.95. The van der Waals surface area contributed by atoms with Crippen LogP contribution in [0.25, 0.3) is 0 Å². The van der Waals surface area contributed by atoms with E-state index in [0.29, 0.717) is 5.33 Å². The van der Waals surface area contributed by atoms with Gasteiger partial charge in [-0.1, -0.05) is 33.6 Å². The van der Waals surface area contributed by atoms with Crippen molar-refractivity contribution in [1.29, 1.82) is 0 Å². The molecule has 0 aliphatic heterocycles. The van der Waals surface area contributed by atoms with Gasteiger partial charge in [-0.25, -0.2) is 0 Å². The molecule has 2 aromatic rings. The Morgan fingerprint density at radius 2 is 1.79 bits per heavy atom. The third-order valence-electron chi connectivity index (χ3n) is 3.15. The molecule has 2 rings (SSSR count). The summed E-state index contributed by atoms with van der Waals surface area (Å²) in [4.78, 5) is 0. The highest BCUT2D eigenvalue weighted by Gasteiger charge is 2.09. The topological polar surface area (TPSA) is 9.23 Å². The largest absolute Gasteiger partial charge is 0.457 e. The molecule has 0 saturated carbocycles. The molecule has 100 valence electrons. The number of alkyl halides is 1. The van der Waals surface area contributed by atoms with Crippen LogP contribution in [0.1, 0.15) is 22.3 Å². The van der Waals surface area contributed by atoms with E-state index in [9.17, 15) is 0 Å². The molecular weight excluding hydrogens is 324 g/mol. The zero-order valence-corrected chi connectivity index (χ0v) is 13.6. The summed E-state index contributed by atoms with van der Waals surface area (Å²) in [5.74, 6) is 1.75. The molecule has 0 aromatic heterocycles. The lowest BCUT2D eigenvalue weighted by atomic mass is 10.1. The molecule has 1 nitrogen and oxygen atoms in total. The van der Waals surface area contributed by atoms with E-state index in [-0.39, 0.29) is 0 Å². The van der Waals surface area contributed by atoms with Gasteiger partial charge < -0.3 is 4.74 Å². The fraction of sp³-hybridized carbons (Fsp3) is 0.250. The Hall–Kier alpha value is -0.990. The van der Waals surface area contributed by atoms with Crippen LogP contribution in [0.3, 0.4) is 0 Å². The highest BCUT2D eigenvalue weighted by molar-refractivity contribution is 9.08. The molecule has 0 aliphatic carbocycles. The molecule has 0 atom stereocenters. The Labute approximate surface area is 127 Å². The Morgan fingerprint density at radius 3 is 2.47 bits per heavy atom. The summed E-state index contributed by atoms with van der Waals surface area (Å²) in [6.07, 6.45) is 0. The number of hydrogen-bond donors (Lipinski definition) is 0. The van der Waals surface area contributed by atoms with E-state index >= 15 is 0 Å². The molecule has 0 radical (unpaired) electrons. The van der Waals surface area contributed by atoms with E-state index in [1.54, 1.807) is 0 Å². The van der Waals surface area contributed by atoms with Crippen LogP contribution in [0.15, 0.2) is 30.3 Å². The molecule has 0 fully saturated rings. The van der Waals surface area contributed by atoms with Crippen LogP contribution in [0.2, 0.25) is 5.02 Å². The normalized spacial score (nSPS) is 10.6. The van der Waals surface area contributed by atoms with Crippen LogP contribution < -0.4 is 4.74 Å². The maximum atomic E-state index is 6.06. The lowest BCUT2D eigenvalue weighted by molar-refractivity contribution is 0.474. The van der Waals surface area contributed by atoms with Crippen molar-refractivity contribution in [3.05, 3.63) is 57.6 Å². The van der Waals surface area contributed by atoms with Gasteiger partial charge in [-0.15, -0.1) is 0 Å². The van der Waals surface area contributed by atoms with Crippen molar-refractivity contribution in [3.8, 4) is 11.5 Å². The molecule has 19 heavy (non-hydrogen) atoms. The predicted molar refractivity (Wildman–Crippen MR) is 84.8 cm³/mol. The SMILES string of the molecule is Cc1cc(C)c(C)c(Oc2ccc(Cl)cc2CBr)c1. The summed E-state index contributed by atoms with van der Waals surface area (Å²) in [6, 6.07) is 9.91. The van der Waals surface area contributed by atoms with Gasteiger partial charge >= 0.3 is 0 Å². The molecule has 0 N–H and O–H groups in total. The van der Waals surface area contributed by atoms with Gasteiger partial charge in [0.1, 0.15) is 11.5 Å². The number of ether oxygens (including phenoxy) is 1. The highest BCUT2D eigenvalue weighted by Crippen LogP contribution is 2.32. The van der Waals surface area contributed by atoms with Crippen molar-refractivity contribution in [2.45, 2.75) is 26.1 Å². The van der Waals surface area contributed by atoms with Crippen LogP contribution in [-0.4, -0.2) is 0 Å². The summed E-state index contributed by atoms with van der Waals surface area (Å²) >= 11 is 9.47. The van der Waals surface area contributed by atoms with Gasteiger partial charge in [0, 0.05) is 15.9 Å². The quantitative estimate of drug-likeness (QED) is 0.628. The summed E-state index contributed by atoms with van der Waals surface area (Å²) in [5.41, 5.74) is 4.66. The van der Waals surface area contributed by atoms with Crippen LogP contribution in [0.4, 0.5) is 0 Å². The maximum absolute atomic E-state index is 6.06. The second kappa shape index (κ2) is 5.98. The number of hydrogen-bond acceptors (Lipinski definition) is 1. The average Bonchev–Trinajstić information content (AvgIpc) is 2.37.